The minimum Gasteiger partial charge on any atom is -0.444 e. The molecule has 0 aromatic heterocycles. The molecule has 0 atom stereocenters. The van der Waals surface area contributed by atoms with Crippen LogP contribution in [-0.2, 0) is 4.74 Å². The molecule has 1 aromatic carbocycles. The van der Waals surface area contributed by atoms with Crippen LogP contribution in [0.15, 0.2) is 24.3 Å². The van der Waals surface area contributed by atoms with Crippen molar-refractivity contribution < 1.29 is 14.3 Å². The van der Waals surface area contributed by atoms with Gasteiger partial charge in [-0.3, -0.25) is 4.79 Å². The highest BCUT2D eigenvalue weighted by Crippen LogP contribution is 2.16. The maximum Gasteiger partial charge on any atom is 0.407 e. The van der Waals surface area contributed by atoms with Crippen molar-refractivity contribution in [1.82, 2.24) is 5.32 Å². The summed E-state index contributed by atoms with van der Waals surface area (Å²) in [5.74, 6) is -0.0104. The lowest BCUT2D eigenvalue weighted by Gasteiger charge is -2.19. The van der Waals surface area contributed by atoms with E-state index < -0.39 is 11.7 Å². The van der Waals surface area contributed by atoms with Crippen LogP contribution in [-0.4, -0.2) is 24.0 Å². The van der Waals surface area contributed by atoms with Crippen molar-refractivity contribution >= 4 is 23.6 Å². The average Bonchev–Trinajstić information content (AvgIpc) is 2.37. The van der Waals surface area contributed by atoms with Crippen LogP contribution >= 0.6 is 0 Å². The Hall–Kier alpha value is -2.30. The number of carbonyl (C=O) groups is 2. The third-order valence-electron chi connectivity index (χ3n) is 2.77. The molecule has 120 valence electrons. The maximum atomic E-state index is 11.4. The largest absolute Gasteiger partial charge is 0.444 e. The molecule has 22 heavy (non-hydrogen) atoms. The third kappa shape index (κ3) is 6.43. The van der Waals surface area contributed by atoms with Gasteiger partial charge in [0.05, 0.1) is 0 Å². The van der Waals surface area contributed by atoms with E-state index in [1.807, 2.05) is 39.0 Å². The molecule has 0 aliphatic heterocycles. The van der Waals surface area contributed by atoms with Crippen LogP contribution in [0.2, 0.25) is 0 Å². The van der Waals surface area contributed by atoms with Crippen LogP contribution in [0, 0.1) is 0 Å². The molecule has 0 aliphatic rings. The zero-order chi connectivity index (χ0) is 16.8. The van der Waals surface area contributed by atoms with Crippen molar-refractivity contribution in [2.75, 3.05) is 12.3 Å². The summed E-state index contributed by atoms with van der Waals surface area (Å²) in [6.07, 6.45) is 4.02. The van der Waals surface area contributed by atoms with Gasteiger partial charge in [-0.2, -0.15) is 0 Å². The quantitative estimate of drug-likeness (QED) is 0.496. The number of hydrogen-bond acceptors (Lipinski definition) is 4. The Bertz CT molecular complexity index is 572. The molecule has 0 saturated heterocycles. The molecule has 0 saturated carbocycles. The van der Waals surface area contributed by atoms with Gasteiger partial charge in [-0.25, -0.2) is 4.79 Å². The van der Waals surface area contributed by atoms with E-state index in [2.05, 4.69) is 5.32 Å². The van der Waals surface area contributed by atoms with Gasteiger partial charge >= 0.3 is 6.09 Å². The zero-order valence-electron chi connectivity index (χ0n) is 13.6. The predicted octanol–water partition coefficient (Wildman–Crippen LogP) is 3.40. The number of ketones is 1. The lowest BCUT2D eigenvalue weighted by atomic mass is 10.1. The number of anilines is 1. The minimum atomic E-state index is -0.493. The number of ether oxygens (including phenoxy) is 1. The molecule has 0 bridgehead atoms. The number of nitrogen functional groups attached to an aromatic ring is 1. The molecular formula is C17H24N2O3. The molecule has 0 spiro atoms. The standard InChI is InChI=1S/C17H24N2O3/c1-12(20)14-9-8-13(15(18)11-14)7-5-6-10-19-16(21)22-17(2,3)4/h5,7-9,11H,6,10,18H2,1-4H3,(H,19,21). The van der Waals surface area contributed by atoms with Crippen molar-refractivity contribution in [2.24, 2.45) is 0 Å². The first-order valence-electron chi connectivity index (χ1n) is 7.23. The van der Waals surface area contributed by atoms with Gasteiger partial charge in [0.25, 0.3) is 0 Å². The molecule has 0 unspecified atom stereocenters. The minimum absolute atomic E-state index is 0.0104. The highest BCUT2D eigenvalue weighted by Gasteiger charge is 2.15. The van der Waals surface area contributed by atoms with Gasteiger partial charge in [0.15, 0.2) is 5.78 Å². The fourth-order valence-corrected chi connectivity index (χ4v) is 1.73. The van der Waals surface area contributed by atoms with E-state index in [9.17, 15) is 9.59 Å². The summed E-state index contributed by atoms with van der Waals surface area (Å²) >= 11 is 0. The fourth-order valence-electron chi connectivity index (χ4n) is 1.73. The average molecular weight is 304 g/mol. The smallest absolute Gasteiger partial charge is 0.407 e. The second kappa shape index (κ2) is 7.64. The second-order valence-corrected chi connectivity index (χ2v) is 6.02. The molecule has 0 heterocycles. The van der Waals surface area contributed by atoms with Crippen LogP contribution in [0.5, 0.6) is 0 Å². The monoisotopic (exact) mass is 304 g/mol. The third-order valence-corrected chi connectivity index (χ3v) is 2.77. The van der Waals surface area contributed by atoms with Crippen molar-refractivity contribution in [3.63, 3.8) is 0 Å². The molecule has 0 fully saturated rings. The lowest BCUT2D eigenvalue weighted by molar-refractivity contribution is 0.0528. The maximum absolute atomic E-state index is 11.4. The summed E-state index contributed by atoms with van der Waals surface area (Å²) in [5, 5.41) is 2.68. The second-order valence-electron chi connectivity index (χ2n) is 6.02. The van der Waals surface area contributed by atoms with E-state index >= 15 is 0 Å². The van der Waals surface area contributed by atoms with Crippen molar-refractivity contribution in [1.29, 1.82) is 0 Å². The molecule has 5 heteroatoms. The fraction of sp³-hybridized carbons (Fsp3) is 0.412. The molecule has 5 nitrogen and oxygen atoms in total. The summed E-state index contributed by atoms with van der Waals surface area (Å²) in [6, 6.07) is 5.22. The van der Waals surface area contributed by atoms with E-state index in [1.54, 1.807) is 12.1 Å². The summed E-state index contributed by atoms with van der Waals surface area (Å²) < 4.78 is 5.13. The van der Waals surface area contributed by atoms with Gasteiger partial charge in [-0.1, -0.05) is 24.3 Å². The number of nitrogens with two attached hydrogens (primary N) is 1. The van der Waals surface area contributed by atoms with Crippen molar-refractivity contribution in [3.8, 4) is 0 Å². The number of carbonyl (C=O) groups excluding carboxylic acids is 2. The van der Waals surface area contributed by atoms with E-state index in [1.165, 1.54) is 6.92 Å². The van der Waals surface area contributed by atoms with E-state index in [0.717, 1.165) is 5.56 Å². The molecule has 1 aromatic rings. The topological polar surface area (TPSA) is 81.4 Å². The lowest BCUT2D eigenvalue weighted by Crippen LogP contribution is -2.32. The molecule has 1 amide bonds. The number of hydrogen-bond donors (Lipinski definition) is 2. The van der Waals surface area contributed by atoms with E-state index in [0.29, 0.717) is 24.2 Å². The number of alkyl carbamates (subject to hydrolysis) is 1. The first-order valence-corrected chi connectivity index (χ1v) is 7.23. The number of Topliss-reactive ketones (excluding diaryl/α,β-unsaturated/α-hetero) is 1. The predicted molar refractivity (Wildman–Crippen MR) is 88.7 cm³/mol. The van der Waals surface area contributed by atoms with Gasteiger partial charge in [0.2, 0.25) is 0 Å². The normalized spacial score (nSPS) is 11.5. The van der Waals surface area contributed by atoms with Crippen LogP contribution in [0.25, 0.3) is 6.08 Å². The SMILES string of the molecule is CC(=O)c1ccc(C=CCCNC(=O)OC(C)(C)C)c(N)c1. The molecule has 3 N–H and O–H groups in total. The first-order chi connectivity index (χ1) is 10.2. The Morgan fingerprint density at radius 2 is 2.00 bits per heavy atom. The Morgan fingerprint density at radius 3 is 2.55 bits per heavy atom. The Kier molecular flexibility index (Phi) is 6.16. The van der Waals surface area contributed by atoms with E-state index in [4.69, 9.17) is 10.5 Å². The number of benzene rings is 1. The van der Waals surface area contributed by atoms with Gasteiger partial charge < -0.3 is 15.8 Å². The Labute approximate surface area is 131 Å². The van der Waals surface area contributed by atoms with Gasteiger partial charge in [0.1, 0.15) is 5.60 Å². The molecule has 0 radical (unpaired) electrons. The van der Waals surface area contributed by atoms with Crippen molar-refractivity contribution in [3.05, 3.63) is 35.4 Å². The van der Waals surface area contributed by atoms with Crippen LogP contribution in [0.4, 0.5) is 10.5 Å². The highest BCUT2D eigenvalue weighted by atomic mass is 16.6. The van der Waals surface area contributed by atoms with E-state index in [-0.39, 0.29) is 5.78 Å². The molecular weight excluding hydrogens is 280 g/mol. The van der Waals surface area contributed by atoms with Crippen LogP contribution in [0.3, 0.4) is 0 Å². The summed E-state index contributed by atoms with van der Waals surface area (Å²) in [4.78, 5) is 22.7. The number of rotatable bonds is 5. The number of amides is 1. The van der Waals surface area contributed by atoms with Gasteiger partial charge in [-0.05, 0) is 45.7 Å². The summed E-state index contributed by atoms with van der Waals surface area (Å²) in [5.41, 5.74) is 7.41. The number of nitrogens with one attached hydrogen (secondary N) is 1. The molecule has 0 aliphatic carbocycles. The molecule has 1 rings (SSSR count). The Morgan fingerprint density at radius 1 is 1.32 bits per heavy atom. The van der Waals surface area contributed by atoms with Crippen LogP contribution in [0.1, 0.15) is 50.0 Å². The zero-order valence-corrected chi connectivity index (χ0v) is 13.6. The Balaban J connectivity index is 2.44. The summed E-state index contributed by atoms with van der Waals surface area (Å²) in [6.45, 7) is 7.45. The highest BCUT2D eigenvalue weighted by molar-refractivity contribution is 5.95. The van der Waals surface area contributed by atoms with Crippen molar-refractivity contribution in [2.45, 2.75) is 39.7 Å². The van der Waals surface area contributed by atoms with Crippen LogP contribution < -0.4 is 11.1 Å². The summed E-state index contributed by atoms with van der Waals surface area (Å²) in [7, 11) is 0. The first kappa shape index (κ1) is 17.8. The van der Waals surface area contributed by atoms with Gasteiger partial charge in [0, 0.05) is 17.8 Å². The van der Waals surface area contributed by atoms with Gasteiger partial charge in [-0.15, -0.1) is 0 Å².